The summed E-state index contributed by atoms with van der Waals surface area (Å²) in [5, 5.41) is 3.05. The Bertz CT molecular complexity index is 914. The van der Waals surface area contributed by atoms with Gasteiger partial charge < -0.3 is 4.74 Å². The predicted octanol–water partition coefficient (Wildman–Crippen LogP) is 2.53. The minimum atomic E-state index is -0.776. The average Bonchev–Trinajstić information content (AvgIpc) is 3.16. The number of ether oxygens (including phenoxy) is 1. The Morgan fingerprint density at radius 1 is 1.17 bits per heavy atom. The molecule has 3 rings (SSSR count). The minimum absolute atomic E-state index is 0.0933. The van der Waals surface area contributed by atoms with Gasteiger partial charge in [0.2, 0.25) is 17.7 Å². The number of nitrogens with one attached hydrogen (secondary N) is 3. The molecule has 1 unspecified atom stereocenters. The lowest BCUT2D eigenvalue weighted by atomic mass is 9.82. The van der Waals surface area contributed by atoms with Crippen molar-refractivity contribution in [3.8, 4) is 0 Å². The first-order valence-electron chi connectivity index (χ1n) is 12.0. The van der Waals surface area contributed by atoms with E-state index < -0.39 is 41.9 Å². The van der Waals surface area contributed by atoms with E-state index in [1.165, 1.54) is 0 Å². The first kappa shape index (κ1) is 26.4. The van der Waals surface area contributed by atoms with E-state index in [1.54, 1.807) is 0 Å². The zero-order chi connectivity index (χ0) is 25.2. The summed E-state index contributed by atoms with van der Waals surface area (Å²) in [7, 11) is 0. The number of benzene rings is 1. The maximum Gasteiger partial charge on any atom is 0.343 e. The Kier molecular flexibility index (Phi) is 9.80. The van der Waals surface area contributed by atoms with E-state index in [0.29, 0.717) is 19.4 Å². The van der Waals surface area contributed by atoms with Crippen LogP contribution in [0.4, 0.5) is 4.79 Å². The molecule has 2 fully saturated rings. The molecule has 10 nitrogen and oxygen atoms in total. The summed E-state index contributed by atoms with van der Waals surface area (Å²) in [6, 6.07) is 8.93. The van der Waals surface area contributed by atoms with E-state index in [2.05, 4.69) is 16.2 Å². The highest BCUT2D eigenvalue weighted by Gasteiger charge is 2.37. The van der Waals surface area contributed by atoms with E-state index in [0.717, 1.165) is 23.4 Å². The van der Waals surface area contributed by atoms with Crippen LogP contribution in [0.2, 0.25) is 0 Å². The van der Waals surface area contributed by atoms with E-state index >= 15 is 0 Å². The highest BCUT2D eigenvalue weighted by atomic mass is 16.8. The number of hydrogen-bond donors (Lipinski definition) is 3. The highest BCUT2D eigenvalue weighted by Crippen LogP contribution is 2.26. The molecule has 2 heterocycles. The lowest BCUT2D eigenvalue weighted by molar-refractivity contribution is -0.203. The van der Waals surface area contributed by atoms with Crippen molar-refractivity contribution < 1.29 is 28.8 Å². The normalized spacial score (nSPS) is 20.1. The van der Waals surface area contributed by atoms with Crippen molar-refractivity contribution in [1.29, 1.82) is 0 Å². The summed E-state index contributed by atoms with van der Waals surface area (Å²) in [5.41, 5.74) is 5.97. The number of hydroxylamine groups is 1. The molecule has 2 saturated heterocycles. The van der Waals surface area contributed by atoms with Gasteiger partial charge >= 0.3 is 6.03 Å². The minimum Gasteiger partial charge on any atom is -0.350 e. The Morgan fingerprint density at radius 2 is 1.94 bits per heavy atom. The molecule has 0 aliphatic carbocycles. The molecule has 3 atom stereocenters. The van der Waals surface area contributed by atoms with Gasteiger partial charge in [-0.25, -0.2) is 20.1 Å². The fourth-order valence-corrected chi connectivity index (χ4v) is 4.08. The van der Waals surface area contributed by atoms with Crippen LogP contribution in [0.3, 0.4) is 0 Å². The molecule has 0 bridgehead atoms. The second kappa shape index (κ2) is 13.0. The number of imide groups is 1. The fourth-order valence-electron chi connectivity index (χ4n) is 4.08. The molecule has 0 radical (unpaired) electrons. The van der Waals surface area contributed by atoms with Crippen LogP contribution in [0.25, 0.3) is 6.08 Å². The van der Waals surface area contributed by atoms with Gasteiger partial charge in [-0.3, -0.25) is 25.1 Å². The van der Waals surface area contributed by atoms with Gasteiger partial charge in [-0.1, -0.05) is 56.3 Å². The molecule has 10 heteroatoms. The highest BCUT2D eigenvalue weighted by molar-refractivity contribution is 6.02. The van der Waals surface area contributed by atoms with Crippen LogP contribution >= 0.6 is 0 Å². The molecular weight excluding hydrogens is 452 g/mol. The largest absolute Gasteiger partial charge is 0.350 e. The maximum absolute atomic E-state index is 13.3. The van der Waals surface area contributed by atoms with Crippen molar-refractivity contribution in [2.45, 2.75) is 52.2 Å². The van der Waals surface area contributed by atoms with Crippen LogP contribution in [-0.4, -0.2) is 48.2 Å². The molecule has 3 N–H and O–H groups in total. The molecule has 35 heavy (non-hydrogen) atoms. The monoisotopic (exact) mass is 486 g/mol. The number of hydrogen-bond acceptors (Lipinski definition) is 6. The summed E-state index contributed by atoms with van der Waals surface area (Å²) in [5.74, 6) is -2.91. The number of rotatable bonds is 11. The van der Waals surface area contributed by atoms with Gasteiger partial charge in [-0.2, -0.15) is 0 Å². The van der Waals surface area contributed by atoms with Gasteiger partial charge in [0, 0.05) is 13.0 Å². The number of amides is 5. The van der Waals surface area contributed by atoms with Crippen molar-refractivity contribution in [2.75, 3.05) is 13.2 Å². The van der Waals surface area contributed by atoms with E-state index in [-0.39, 0.29) is 18.9 Å². The van der Waals surface area contributed by atoms with Gasteiger partial charge in [0.05, 0.1) is 11.8 Å². The van der Waals surface area contributed by atoms with Crippen molar-refractivity contribution in [2.24, 2.45) is 17.8 Å². The lowest BCUT2D eigenvalue weighted by Crippen LogP contribution is -2.50. The first-order valence-corrected chi connectivity index (χ1v) is 12.0. The molecular formula is C25H34N4O6. The number of carbonyl (C=O) groups excluding carboxylic acids is 4. The van der Waals surface area contributed by atoms with E-state index in [1.807, 2.05) is 56.3 Å². The van der Waals surface area contributed by atoms with Gasteiger partial charge in [0.1, 0.15) is 6.54 Å². The summed E-state index contributed by atoms with van der Waals surface area (Å²) in [6.07, 6.45) is 6.45. The SMILES string of the molecule is CC(C)C[C@@H](C(=O)NN1CC(=O)NC1=O)[C@H](CC=Cc1ccccc1)C(=O)NOC1CCCCO1. The maximum atomic E-state index is 13.3. The third-order valence-electron chi connectivity index (χ3n) is 5.85. The number of carbonyl (C=O) groups is 4. The van der Waals surface area contributed by atoms with Gasteiger partial charge in [0.25, 0.3) is 0 Å². The number of hydrazine groups is 1. The van der Waals surface area contributed by atoms with E-state index in [4.69, 9.17) is 9.57 Å². The second-order valence-corrected chi connectivity index (χ2v) is 9.19. The van der Waals surface area contributed by atoms with Gasteiger partial charge in [-0.05, 0) is 37.2 Å². The molecule has 5 amide bonds. The summed E-state index contributed by atoms with van der Waals surface area (Å²) in [4.78, 5) is 55.5. The molecule has 0 aromatic heterocycles. The molecule has 1 aromatic carbocycles. The van der Waals surface area contributed by atoms with Crippen molar-refractivity contribution in [3.05, 3.63) is 42.0 Å². The molecule has 0 spiro atoms. The molecule has 2 aliphatic rings. The number of nitrogens with zero attached hydrogens (tertiary/aromatic N) is 1. The molecule has 190 valence electrons. The smallest absolute Gasteiger partial charge is 0.343 e. The third-order valence-corrected chi connectivity index (χ3v) is 5.85. The van der Waals surface area contributed by atoms with Crippen LogP contribution in [-0.2, 0) is 24.0 Å². The number of allylic oxidation sites excluding steroid dienone is 1. The second-order valence-electron chi connectivity index (χ2n) is 9.19. The fraction of sp³-hybridized carbons (Fsp3) is 0.520. The van der Waals surface area contributed by atoms with E-state index in [9.17, 15) is 19.2 Å². The average molecular weight is 487 g/mol. The van der Waals surface area contributed by atoms with Crippen LogP contribution in [0.15, 0.2) is 36.4 Å². The van der Waals surface area contributed by atoms with Crippen LogP contribution in [0, 0.1) is 17.8 Å². The van der Waals surface area contributed by atoms with Crippen molar-refractivity contribution in [1.82, 2.24) is 21.2 Å². The third kappa shape index (κ3) is 8.18. The lowest BCUT2D eigenvalue weighted by Gasteiger charge is -2.29. The summed E-state index contributed by atoms with van der Waals surface area (Å²) in [6.45, 7) is 4.20. The standard InChI is InChI=1S/C25H34N4O6/c1-17(2)15-20(23(31)27-29-16-21(30)26-25(29)33)19(12-8-11-18-9-4-3-5-10-18)24(32)28-35-22-13-6-7-14-34-22/h3-5,8-11,17,19-20,22H,6-7,12-16H2,1-2H3,(H,27,31)(H,28,32)(H,26,30,33)/t19-,20+,22?/m0/s1. The first-order chi connectivity index (χ1) is 16.8. The Hall–Kier alpha value is -3.24. The predicted molar refractivity (Wildman–Crippen MR) is 128 cm³/mol. The van der Waals surface area contributed by atoms with Gasteiger partial charge in [-0.15, -0.1) is 0 Å². The van der Waals surface area contributed by atoms with Crippen molar-refractivity contribution in [3.63, 3.8) is 0 Å². The summed E-state index contributed by atoms with van der Waals surface area (Å²) < 4.78 is 5.52. The molecule has 1 aromatic rings. The zero-order valence-corrected chi connectivity index (χ0v) is 20.2. The zero-order valence-electron chi connectivity index (χ0n) is 20.2. The topological polar surface area (TPSA) is 126 Å². The van der Waals surface area contributed by atoms with Gasteiger partial charge in [0.15, 0.2) is 6.29 Å². The van der Waals surface area contributed by atoms with Crippen LogP contribution in [0.1, 0.15) is 51.5 Å². The van der Waals surface area contributed by atoms with Crippen molar-refractivity contribution >= 4 is 29.8 Å². The Morgan fingerprint density at radius 3 is 2.57 bits per heavy atom. The quantitative estimate of drug-likeness (QED) is 0.326. The molecule has 2 aliphatic heterocycles. The Balaban J connectivity index is 1.76. The van der Waals surface area contributed by atoms with Crippen LogP contribution < -0.4 is 16.2 Å². The summed E-state index contributed by atoms with van der Waals surface area (Å²) >= 11 is 0. The van der Waals surface area contributed by atoms with Crippen LogP contribution in [0.5, 0.6) is 0 Å². The Labute approximate surface area is 205 Å². The number of urea groups is 1. The molecule has 0 saturated carbocycles.